The van der Waals surface area contributed by atoms with Gasteiger partial charge in [-0.3, -0.25) is 4.79 Å². The summed E-state index contributed by atoms with van der Waals surface area (Å²) in [4.78, 5) is 13.9. The molecule has 126 valence electrons. The summed E-state index contributed by atoms with van der Waals surface area (Å²) in [6.07, 6.45) is 1.75. The van der Waals surface area contributed by atoms with Crippen molar-refractivity contribution in [2.75, 3.05) is 19.8 Å². The molecule has 1 atom stereocenters. The van der Waals surface area contributed by atoms with Crippen LogP contribution in [-0.2, 0) is 24.1 Å². The number of nitrogens with zero attached hydrogens (tertiary/aromatic N) is 1. The number of ether oxygens (including phenoxy) is 2. The molecule has 2 heterocycles. The lowest BCUT2D eigenvalue weighted by Crippen LogP contribution is -2.39. The molecule has 0 radical (unpaired) electrons. The molecule has 0 bridgehead atoms. The standard InChI is InChI=1S/C16H21NO5S/c18-14-8-9-15(23(19,20)13-5-2-1-3-6-13)17(14)10-4-7-16-21-11-12-22-16/h1-3,5-6,15-16H,4,7-12H2. The number of likely N-dealkylation sites (tertiary alicyclic amines) is 1. The highest BCUT2D eigenvalue weighted by Crippen LogP contribution is 2.29. The van der Waals surface area contributed by atoms with Crippen molar-refractivity contribution in [3.63, 3.8) is 0 Å². The van der Waals surface area contributed by atoms with Crippen LogP contribution in [0.5, 0.6) is 0 Å². The van der Waals surface area contributed by atoms with Crippen LogP contribution in [0.3, 0.4) is 0 Å². The highest BCUT2D eigenvalue weighted by molar-refractivity contribution is 7.92. The Bertz CT molecular complexity index is 640. The van der Waals surface area contributed by atoms with Crippen molar-refractivity contribution >= 4 is 15.7 Å². The molecular weight excluding hydrogens is 318 g/mol. The Labute approximate surface area is 136 Å². The molecule has 1 amide bonds. The van der Waals surface area contributed by atoms with E-state index in [0.717, 1.165) is 0 Å². The minimum Gasteiger partial charge on any atom is -0.350 e. The second kappa shape index (κ2) is 6.98. The van der Waals surface area contributed by atoms with Gasteiger partial charge in [0.05, 0.1) is 18.1 Å². The fourth-order valence-corrected chi connectivity index (χ4v) is 4.90. The van der Waals surface area contributed by atoms with Crippen LogP contribution in [0, 0.1) is 0 Å². The van der Waals surface area contributed by atoms with Gasteiger partial charge >= 0.3 is 0 Å². The highest BCUT2D eigenvalue weighted by Gasteiger charge is 2.40. The van der Waals surface area contributed by atoms with Crippen molar-refractivity contribution in [1.29, 1.82) is 0 Å². The maximum absolute atomic E-state index is 12.8. The van der Waals surface area contributed by atoms with Gasteiger partial charge in [0.25, 0.3) is 0 Å². The van der Waals surface area contributed by atoms with Crippen molar-refractivity contribution in [2.45, 2.75) is 42.2 Å². The Kier molecular flexibility index (Phi) is 4.99. The summed E-state index contributed by atoms with van der Waals surface area (Å²) >= 11 is 0. The van der Waals surface area contributed by atoms with Crippen molar-refractivity contribution in [1.82, 2.24) is 4.90 Å². The zero-order valence-corrected chi connectivity index (χ0v) is 13.7. The van der Waals surface area contributed by atoms with Gasteiger partial charge in [0, 0.05) is 19.4 Å². The number of rotatable bonds is 6. The molecule has 2 saturated heterocycles. The van der Waals surface area contributed by atoms with Crippen molar-refractivity contribution < 1.29 is 22.7 Å². The van der Waals surface area contributed by atoms with E-state index in [1.165, 1.54) is 4.90 Å². The molecule has 2 aliphatic rings. The van der Waals surface area contributed by atoms with Crippen LogP contribution < -0.4 is 0 Å². The molecule has 2 fully saturated rings. The van der Waals surface area contributed by atoms with Gasteiger partial charge < -0.3 is 14.4 Å². The molecular formula is C16H21NO5S. The molecule has 7 heteroatoms. The van der Waals surface area contributed by atoms with Crippen molar-refractivity contribution in [3.8, 4) is 0 Å². The molecule has 1 unspecified atom stereocenters. The molecule has 1 aromatic carbocycles. The minimum atomic E-state index is -3.53. The van der Waals surface area contributed by atoms with Crippen molar-refractivity contribution in [3.05, 3.63) is 30.3 Å². The lowest BCUT2D eigenvalue weighted by atomic mass is 10.3. The van der Waals surface area contributed by atoms with Crippen LogP contribution in [0.2, 0.25) is 0 Å². The van der Waals surface area contributed by atoms with Crippen LogP contribution in [0.1, 0.15) is 25.7 Å². The average Bonchev–Trinajstić information content (AvgIpc) is 3.19. The number of hydrogen-bond donors (Lipinski definition) is 0. The van der Waals surface area contributed by atoms with E-state index < -0.39 is 15.2 Å². The Hall–Kier alpha value is -1.44. The largest absolute Gasteiger partial charge is 0.350 e. The first-order chi connectivity index (χ1) is 11.1. The van der Waals surface area contributed by atoms with E-state index in [1.807, 2.05) is 0 Å². The Morgan fingerprint density at radius 1 is 1.13 bits per heavy atom. The van der Waals surface area contributed by atoms with Crippen LogP contribution >= 0.6 is 0 Å². The zero-order chi connectivity index (χ0) is 16.3. The van der Waals surface area contributed by atoms with E-state index in [2.05, 4.69) is 0 Å². The third-order valence-corrected chi connectivity index (χ3v) is 6.37. The number of carbonyl (C=O) groups excluding carboxylic acids is 1. The molecule has 23 heavy (non-hydrogen) atoms. The molecule has 6 nitrogen and oxygen atoms in total. The van der Waals surface area contributed by atoms with E-state index in [4.69, 9.17) is 9.47 Å². The molecule has 1 aromatic rings. The molecule has 3 rings (SSSR count). The maximum atomic E-state index is 12.8. The second-order valence-electron chi connectivity index (χ2n) is 5.75. The van der Waals surface area contributed by atoms with Crippen molar-refractivity contribution in [2.24, 2.45) is 0 Å². The Balaban J connectivity index is 1.67. The summed E-state index contributed by atoms with van der Waals surface area (Å²) in [5, 5.41) is -0.761. The van der Waals surface area contributed by atoms with Gasteiger partial charge in [-0.25, -0.2) is 8.42 Å². The van der Waals surface area contributed by atoms with E-state index in [0.29, 0.717) is 39.0 Å². The number of amides is 1. The fraction of sp³-hybridized carbons (Fsp3) is 0.562. The topological polar surface area (TPSA) is 72.9 Å². The lowest BCUT2D eigenvalue weighted by molar-refractivity contribution is -0.128. The zero-order valence-electron chi connectivity index (χ0n) is 12.9. The lowest BCUT2D eigenvalue weighted by Gasteiger charge is -2.25. The summed E-state index contributed by atoms with van der Waals surface area (Å²) in [5.41, 5.74) is 0. The van der Waals surface area contributed by atoms with Gasteiger partial charge in [-0.15, -0.1) is 0 Å². The van der Waals surface area contributed by atoms with Crippen LogP contribution in [0.25, 0.3) is 0 Å². The highest BCUT2D eigenvalue weighted by atomic mass is 32.2. The van der Waals surface area contributed by atoms with E-state index in [9.17, 15) is 13.2 Å². The molecule has 0 N–H and O–H groups in total. The third-order valence-electron chi connectivity index (χ3n) is 4.23. The fourth-order valence-electron chi connectivity index (χ4n) is 3.07. The Morgan fingerprint density at radius 3 is 2.52 bits per heavy atom. The van der Waals surface area contributed by atoms with Gasteiger partial charge in [-0.2, -0.15) is 0 Å². The van der Waals surface area contributed by atoms with Gasteiger partial charge in [0.1, 0.15) is 5.37 Å². The molecule has 0 saturated carbocycles. The summed E-state index contributed by atoms with van der Waals surface area (Å²) in [6, 6.07) is 8.33. The minimum absolute atomic E-state index is 0.0947. The first-order valence-electron chi connectivity index (χ1n) is 7.90. The average molecular weight is 339 g/mol. The monoisotopic (exact) mass is 339 g/mol. The van der Waals surface area contributed by atoms with Crippen LogP contribution in [0.15, 0.2) is 35.2 Å². The Morgan fingerprint density at radius 2 is 1.83 bits per heavy atom. The van der Waals surface area contributed by atoms with Gasteiger partial charge in [-0.1, -0.05) is 18.2 Å². The van der Waals surface area contributed by atoms with Crippen LogP contribution in [0.4, 0.5) is 0 Å². The second-order valence-corrected chi connectivity index (χ2v) is 7.86. The summed E-state index contributed by atoms with van der Waals surface area (Å²) < 4.78 is 36.3. The maximum Gasteiger partial charge on any atom is 0.223 e. The number of sulfone groups is 1. The first kappa shape index (κ1) is 16.4. The van der Waals surface area contributed by atoms with Gasteiger partial charge in [0.2, 0.25) is 5.91 Å². The summed E-state index contributed by atoms with van der Waals surface area (Å²) in [6.45, 7) is 1.61. The number of hydrogen-bond acceptors (Lipinski definition) is 5. The summed E-state index contributed by atoms with van der Waals surface area (Å²) in [7, 11) is -3.53. The predicted octanol–water partition coefficient (Wildman–Crippen LogP) is 1.56. The quantitative estimate of drug-likeness (QED) is 0.786. The SMILES string of the molecule is O=C1CCC(S(=O)(=O)c2ccccc2)N1CCCC1OCCO1. The number of benzene rings is 1. The normalized spacial score (nSPS) is 22.9. The van der Waals surface area contributed by atoms with E-state index >= 15 is 0 Å². The van der Waals surface area contributed by atoms with Gasteiger partial charge in [-0.05, 0) is 25.0 Å². The van der Waals surface area contributed by atoms with Crippen LogP contribution in [-0.4, -0.2) is 50.6 Å². The predicted molar refractivity (Wildman–Crippen MR) is 83.3 cm³/mol. The van der Waals surface area contributed by atoms with E-state index in [1.54, 1.807) is 30.3 Å². The first-order valence-corrected chi connectivity index (χ1v) is 9.45. The molecule has 0 aromatic heterocycles. The van der Waals surface area contributed by atoms with E-state index in [-0.39, 0.29) is 23.5 Å². The number of carbonyl (C=O) groups is 1. The molecule has 0 spiro atoms. The smallest absolute Gasteiger partial charge is 0.223 e. The molecule has 0 aliphatic carbocycles. The van der Waals surface area contributed by atoms with Gasteiger partial charge in [0.15, 0.2) is 16.1 Å². The summed E-state index contributed by atoms with van der Waals surface area (Å²) in [5.74, 6) is -0.0947. The molecule has 2 aliphatic heterocycles. The third kappa shape index (κ3) is 3.57.